The average Bonchev–Trinajstić information content (AvgIpc) is 2.84. The number of rotatable bonds is 4. The number of benzene rings is 1. The fourth-order valence-electron chi connectivity index (χ4n) is 1.38. The van der Waals surface area contributed by atoms with Crippen LogP contribution in [-0.4, -0.2) is 13.1 Å². The van der Waals surface area contributed by atoms with Gasteiger partial charge < -0.3 is 13.9 Å². The molecule has 18 heavy (non-hydrogen) atoms. The second-order valence-electron chi connectivity index (χ2n) is 3.50. The van der Waals surface area contributed by atoms with Crippen LogP contribution in [0.4, 0.5) is 4.39 Å². The van der Waals surface area contributed by atoms with Crippen LogP contribution in [0.3, 0.4) is 0 Å². The fraction of sp³-hybridized carbons (Fsp3) is 0.154. The molecule has 0 aliphatic heterocycles. The van der Waals surface area contributed by atoms with Gasteiger partial charge in [0.1, 0.15) is 23.9 Å². The monoisotopic (exact) mass is 250 g/mol. The first-order valence-corrected chi connectivity index (χ1v) is 5.24. The van der Waals surface area contributed by atoms with Crippen LogP contribution in [0.5, 0.6) is 5.75 Å². The van der Waals surface area contributed by atoms with Crippen molar-refractivity contribution < 1.29 is 23.1 Å². The van der Waals surface area contributed by atoms with E-state index in [0.717, 1.165) is 0 Å². The van der Waals surface area contributed by atoms with Crippen molar-refractivity contribution in [3.63, 3.8) is 0 Å². The Morgan fingerprint density at radius 1 is 1.33 bits per heavy atom. The van der Waals surface area contributed by atoms with Crippen molar-refractivity contribution in [2.75, 3.05) is 7.11 Å². The van der Waals surface area contributed by atoms with Gasteiger partial charge in [0, 0.05) is 6.07 Å². The lowest BCUT2D eigenvalue weighted by atomic mass is 10.3. The maximum atomic E-state index is 12.9. The van der Waals surface area contributed by atoms with Crippen LogP contribution in [0.25, 0.3) is 0 Å². The minimum Gasteiger partial charge on any atom is -0.486 e. The van der Waals surface area contributed by atoms with Gasteiger partial charge in [0.15, 0.2) is 0 Å². The van der Waals surface area contributed by atoms with Crippen molar-refractivity contribution in [3.05, 3.63) is 53.7 Å². The smallest absolute Gasteiger partial charge is 0.373 e. The molecule has 0 spiro atoms. The molecular formula is C13H11FO4. The van der Waals surface area contributed by atoms with Crippen LogP contribution in [0.2, 0.25) is 0 Å². The van der Waals surface area contributed by atoms with E-state index in [0.29, 0.717) is 11.5 Å². The average molecular weight is 250 g/mol. The van der Waals surface area contributed by atoms with E-state index in [-0.39, 0.29) is 18.2 Å². The van der Waals surface area contributed by atoms with Gasteiger partial charge >= 0.3 is 5.97 Å². The molecule has 0 amide bonds. The Balaban J connectivity index is 1.98. The third-order valence-electron chi connectivity index (χ3n) is 2.23. The molecule has 1 heterocycles. The Kier molecular flexibility index (Phi) is 3.62. The fourth-order valence-corrected chi connectivity index (χ4v) is 1.38. The molecule has 0 N–H and O–H groups in total. The van der Waals surface area contributed by atoms with E-state index in [2.05, 4.69) is 4.74 Å². The van der Waals surface area contributed by atoms with Gasteiger partial charge in [-0.2, -0.15) is 0 Å². The highest BCUT2D eigenvalue weighted by atomic mass is 19.1. The molecule has 94 valence electrons. The van der Waals surface area contributed by atoms with Crippen LogP contribution >= 0.6 is 0 Å². The molecule has 2 aromatic rings. The first kappa shape index (κ1) is 12.2. The molecular weight excluding hydrogens is 239 g/mol. The molecule has 0 saturated carbocycles. The predicted molar refractivity (Wildman–Crippen MR) is 60.8 cm³/mol. The highest BCUT2D eigenvalue weighted by Gasteiger charge is 2.11. The summed E-state index contributed by atoms with van der Waals surface area (Å²) >= 11 is 0. The molecule has 1 aromatic carbocycles. The highest BCUT2D eigenvalue weighted by molar-refractivity contribution is 5.86. The van der Waals surface area contributed by atoms with Crippen molar-refractivity contribution in [2.45, 2.75) is 6.61 Å². The lowest BCUT2D eigenvalue weighted by molar-refractivity contribution is 0.0561. The number of esters is 1. The molecule has 0 aliphatic carbocycles. The van der Waals surface area contributed by atoms with E-state index in [9.17, 15) is 9.18 Å². The van der Waals surface area contributed by atoms with Crippen LogP contribution in [0, 0.1) is 5.82 Å². The number of methoxy groups -OCH3 is 1. The van der Waals surface area contributed by atoms with E-state index in [4.69, 9.17) is 9.15 Å². The minimum atomic E-state index is -0.549. The summed E-state index contributed by atoms with van der Waals surface area (Å²) < 4.78 is 27.9. The summed E-state index contributed by atoms with van der Waals surface area (Å²) in [6.07, 6.45) is 0. The lowest BCUT2D eigenvalue weighted by Crippen LogP contribution is -1.99. The van der Waals surface area contributed by atoms with Crippen molar-refractivity contribution in [2.24, 2.45) is 0 Å². The summed E-state index contributed by atoms with van der Waals surface area (Å²) in [5.41, 5.74) is 0. The number of furan rings is 1. The molecule has 5 heteroatoms. The molecule has 0 saturated heterocycles. The second-order valence-corrected chi connectivity index (χ2v) is 3.50. The molecule has 4 nitrogen and oxygen atoms in total. The van der Waals surface area contributed by atoms with Crippen LogP contribution in [0.1, 0.15) is 16.3 Å². The molecule has 2 rings (SSSR count). The number of halogens is 1. The Labute approximate surface area is 103 Å². The van der Waals surface area contributed by atoms with Gasteiger partial charge in [-0.3, -0.25) is 0 Å². The highest BCUT2D eigenvalue weighted by Crippen LogP contribution is 2.15. The molecule has 0 aliphatic rings. The Morgan fingerprint density at radius 3 is 2.89 bits per heavy atom. The van der Waals surface area contributed by atoms with E-state index < -0.39 is 5.97 Å². The number of carbonyl (C=O) groups is 1. The maximum Gasteiger partial charge on any atom is 0.373 e. The Bertz CT molecular complexity index is 547. The normalized spacial score (nSPS) is 10.1. The standard InChI is InChI=1S/C13H11FO4/c1-16-13(15)12-6-5-11(18-12)8-17-10-4-2-3-9(14)7-10/h2-7H,8H2,1H3. The summed E-state index contributed by atoms with van der Waals surface area (Å²) in [7, 11) is 1.27. The molecule has 1 aromatic heterocycles. The first-order valence-electron chi connectivity index (χ1n) is 5.24. The summed E-state index contributed by atoms with van der Waals surface area (Å²) in [6.45, 7) is 0.112. The lowest BCUT2D eigenvalue weighted by Gasteiger charge is -2.03. The van der Waals surface area contributed by atoms with Gasteiger partial charge in [-0.05, 0) is 24.3 Å². The van der Waals surface area contributed by atoms with Crippen molar-refractivity contribution in [1.29, 1.82) is 0 Å². The Hall–Kier alpha value is -2.30. The topological polar surface area (TPSA) is 48.7 Å². The summed E-state index contributed by atoms with van der Waals surface area (Å²) in [4.78, 5) is 11.1. The quantitative estimate of drug-likeness (QED) is 0.783. The first-order chi connectivity index (χ1) is 8.69. The molecule has 0 unspecified atom stereocenters. The van der Waals surface area contributed by atoms with Gasteiger partial charge in [-0.25, -0.2) is 9.18 Å². The zero-order valence-corrected chi connectivity index (χ0v) is 9.68. The van der Waals surface area contributed by atoms with E-state index in [1.807, 2.05) is 0 Å². The zero-order chi connectivity index (χ0) is 13.0. The van der Waals surface area contributed by atoms with Gasteiger partial charge in [-0.15, -0.1) is 0 Å². The van der Waals surface area contributed by atoms with Crippen LogP contribution in [-0.2, 0) is 11.3 Å². The Morgan fingerprint density at radius 2 is 2.17 bits per heavy atom. The predicted octanol–water partition coefficient (Wildman–Crippen LogP) is 2.78. The second kappa shape index (κ2) is 5.35. The van der Waals surface area contributed by atoms with E-state index in [1.165, 1.54) is 25.3 Å². The molecule has 0 fully saturated rings. The summed E-state index contributed by atoms with van der Waals surface area (Å²) in [5, 5.41) is 0. The van der Waals surface area contributed by atoms with Crippen molar-refractivity contribution in [3.8, 4) is 5.75 Å². The van der Waals surface area contributed by atoms with Gasteiger partial charge in [0.05, 0.1) is 7.11 Å². The zero-order valence-electron chi connectivity index (χ0n) is 9.68. The largest absolute Gasteiger partial charge is 0.486 e. The van der Waals surface area contributed by atoms with Gasteiger partial charge in [0.2, 0.25) is 5.76 Å². The van der Waals surface area contributed by atoms with E-state index >= 15 is 0 Å². The van der Waals surface area contributed by atoms with E-state index in [1.54, 1.807) is 18.2 Å². The number of hydrogen-bond donors (Lipinski definition) is 0. The molecule has 0 atom stereocenters. The van der Waals surface area contributed by atoms with Crippen molar-refractivity contribution in [1.82, 2.24) is 0 Å². The molecule has 0 radical (unpaired) electrons. The molecule has 0 bridgehead atoms. The number of carbonyl (C=O) groups excluding carboxylic acids is 1. The van der Waals surface area contributed by atoms with Crippen LogP contribution in [0.15, 0.2) is 40.8 Å². The van der Waals surface area contributed by atoms with Crippen LogP contribution < -0.4 is 4.74 Å². The van der Waals surface area contributed by atoms with Crippen molar-refractivity contribution >= 4 is 5.97 Å². The summed E-state index contributed by atoms with van der Waals surface area (Å²) in [6, 6.07) is 8.88. The number of hydrogen-bond acceptors (Lipinski definition) is 4. The van der Waals surface area contributed by atoms with Gasteiger partial charge in [0.25, 0.3) is 0 Å². The third kappa shape index (κ3) is 2.88. The summed E-state index contributed by atoms with van der Waals surface area (Å²) in [5.74, 6) is 0.0372. The van der Waals surface area contributed by atoms with Gasteiger partial charge in [-0.1, -0.05) is 6.07 Å². The minimum absolute atomic E-state index is 0.107. The number of ether oxygens (including phenoxy) is 2. The third-order valence-corrected chi connectivity index (χ3v) is 2.23. The SMILES string of the molecule is COC(=O)c1ccc(COc2cccc(F)c2)o1. The maximum absolute atomic E-state index is 12.9.